The van der Waals surface area contributed by atoms with Crippen molar-refractivity contribution in [2.75, 3.05) is 19.6 Å². The molecule has 1 rings (SSSR count). The van der Waals surface area contributed by atoms with Crippen LogP contribution in [0.3, 0.4) is 0 Å². The lowest BCUT2D eigenvalue weighted by Gasteiger charge is -2.26. The third-order valence-electron chi connectivity index (χ3n) is 3.34. The average molecular weight is 234 g/mol. The van der Waals surface area contributed by atoms with E-state index in [9.17, 15) is 0 Å². The van der Waals surface area contributed by atoms with Crippen LogP contribution < -0.4 is 11.1 Å². The van der Waals surface area contributed by atoms with Crippen LogP contribution in [-0.4, -0.2) is 19.6 Å². The molecule has 0 spiro atoms. The molecule has 0 radical (unpaired) electrons. The molecule has 0 aliphatic rings. The van der Waals surface area contributed by atoms with Crippen molar-refractivity contribution in [1.29, 1.82) is 0 Å². The van der Waals surface area contributed by atoms with Gasteiger partial charge in [-0.2, -0.15) is 0 Å². The number of rotatable bonds is 7. The van der Waals surface area contributed by atoms with Crippen molar-refractivity contribution in [2.45, 2.75) is 32.6 Å². The lowest BCUT2D eigenvalue weighted by Crippen LogP contribution is -2.34. The number of benzene rings is 1. The van der Waals surface area contributed by atoms with E-state index in [0.29, 0.717) is 5.92 Å². The Morgan fingerprint density at radius 3 is 2.47 bits per heavy atom. The lowest BCUT2D eigenvalue weighted by atomic mass is 9.84. The first-order chi connectivity index (χ1) is 8.06. The normalized spacial score (nSPS) is 13.6. The van der Waals surface area contributed by atoms with E-state index in [1.807, 2.05) is 0 Å². The molecule has 1 aromatic carbocycles. The van der Waals surface area contributed by atoms with Crippen molar-refractivity contribution < 1.29 is 0 Å². The number of nitrogens with two attached hydrogens (primary N) is 1. The van der Waals surface area contributed by atoms with Crippen molar-refractivity contribution in [3.63, 3.8) is 0 Å². The number of hydrogen-bond acceptors (Lipinski definition) is 2. The van der Waals surface area contributed by atoms with Gasteiger partial charge in [-0.1, -0.05) is 51.1 Å². The Morgan fingerprint density at radius 1 is 1.24 bits per heavy atom. The van der Waals surface area contributed by atoms with Gasteiger partial charge in [-0.3, -0.25) is 0 Å². The first-order valence-corrected chi connectivity index (χ1v) is 6.52. The minimum Gasteiger partial charge on any atom is -0.330 e. The highest BCUT2D eigenvalue weighted by Gasteiger charge is 2.19. The largest absolute Gasteiger partial charge is 0.330 e. The Morgan fingerprint density at radius 2 is 1.88 bits per heavy atom. The van der Waals surface area contributed by atoms with E-state index < -0.39 is 0 Å². The summed E-state index contributed by atoms with van der Waals surface area (Å²) >= 11 is 0. The molecular weight excluding hydrogens is 208 g/mol. The minimum absolute atomic E-state index is 0.188. The topological polar surface area (TPSA) is 38.0 Å². The van der Waals surface area contributed by atoms with Crippen LogP contribution in [0.1, 0.15) is 32.8 Å². The highest BCUT2D eigenvalue weighted by Crippen LogP contribution is 2.21. The third kappa shape index (κ3) is 4.88. The Kier molecular flexibility index (Phi) is 5.66. The van der Waals surface area contributed by atoms with Gasteiger partial charge in [0.2, 0.25) is 0 Å². The molecule has 0 bridgehead atoms. The van der Waals surface area contributed by atoms with Gasteiger partial charge in [0.15, 0.2) is 0 Å². The van der Waals surface area contributed by atoms with E-state index in [0.717, 1.165) is 26.1 Å². The molecule has 0 saturated heterocycles. The van der Waals surface area contributed by atoms with Gasteiger partial charge in [0.1, 0.15) is 0 Å². The first kappa shape index (κ1) is 14.2. The summed E-state index contributed by atoms with van der Waals surface area (Å²) in [6.07, 6.45) is 1.15. The molecule has 0 saturated carbocycles. The molecule has 0 aromatic heterocycles. The summed E-state index contributed by atoms with van der Waals surface area (Å²) in [6.45, 7) is 9.60. The third-order valence-corrected chi connectivity index (χ3v) is 3.34. The van der Waals surface area contributed by atoms with Crippen molar-refractivity contribution in [2.24, 2.45) is 11.7 Å². The summed E-state index contributed by atoms with van der Waals surface area (Å²) in [5.41, 5.74) is 7.18. The van der Waals surface area contributed by atoms with E-state index in [4.69, 9.17) is 5.73 Å². The highest BCUT2D eigenvalue weighted by molar-refractivity contribution is 5.23. The molecule has 0 heterocycles. The SMILES string of the molecule is CC(CN)CCNCC(C)(C)c1ccccc1. The summed E-state index contributed by atoms with van der Waals surface area (Å²) in [4.78, 5) is 0. The van der Waals surface area contributed by atoms with E-state index in [1.54, 1.807) is 0 Å². The summed E-state index contributed by atoms with van der Waals surface area (Å²) in [6, 6.07) is 10.7. The molecule has 0 aliphatic carbocycles. The number of hydrogen-bond donors (Lipinski definition) is 2. The fourth-order valence-electron chi connectivity index (χ4n) is 1.86. The zero-order valence-electron chi connectivity index (χ0n) is 11.4. The maximum Gasteiger partial charge on any atom is 0.00431 e. The van der Waals surface area contributed by atoms with Crippen LogP contribution in [0.2, 0.25) is 0 Å². The van der Waals surface area contributed by atoms with Crippen LogP contribution in [0.25, 0.3) is 0 Å². The molecule has 96 valence electrons. The van der Waals surface area contributed by atoms with Crippen LogP contribution in [0.5, 0.6) is 0 Å². The molecular formula is C15H26N2. The zero-order chi connectivity index (χ0) is 12.7. The molecule has 3 N–H and O–H groups in total. The minimum atomic E-state index is 0.188. The summed E-state index contributed by atoms with van der Waals surface area (Å²) < 4.78 is 0. The average Bonchev–Trinajstić information content (AvgIpc) is 2.35. The maximum absolute atomic E-state index is 5.60. The van der Waals surface area contributed by atoms with E-state index >= 15 is 0 Å². The van der Waals surface area contributed by atoms with Gasteiger partial charge in [-0.05, 0) is 31.0 Å². The molecule has 1 atom stereocenters. The molecule has 2 heteroatoms. The summed E-state index contributed by atoms with van der Waals surface area (Å²) in [5.74, 6) is 0.613. The second-order valence-electron chi connectivity index (χ2n) is 5.56. The van der Waals surface area contributed by atoms with Crippen LogP contribution in [0.15, 0.2) is 30.3 Å². The van der Waals surface area contributed by atoms with Gasteiger partial charge >= 0.3 is 0 Å². The van der Waals surface area contributed by atoms with Crippen LogP contribution >= 0.6 is 0 Å². The van der Waals surface area contributed by atoms with Crippen molar-refractivity contribution in [3.05, 3.63) is 35.9 Å². The Balaban J connectivity index is 2.35. The van der Waals surface area contributed by atoms with Crippen LogP contribution in [0.4, 0.5) is 0 Å². The van der Waals surface area contributed by atoms with Gasteiger partial charge in [0.25, 0.3) is 0 Å². The predicted octanol–water partition coefficient (Wildman–Crippen LogP) is 2.54. The molecule has 1 unspecified atom stereocenters. The van der Waals surface area contributed by atoms with Gasteiger partial charge in [0, 0.05) is 12.0 Å². The van der Waals surface area contributed by atoms with Gasteiger partial charge in [-0.25, -0.2) is 0 Å². The Hall–Kier alpha value is -0.860. The monoisotopic (exact) mass is 234 g/mol. The zero-order valence-corrected chi connectivity index (χ0v) is 11.4. The molecule has 2 nitrogen and oxygen atoms in total. The molecule has 17 heavy (non-hydrogen) atoms. The smallest absolute Gasteiger partial charge is 0.00431 e. The molecule has 0 fully saturated rings. The van der Waals surface area contributed by atoms with Crippen LogP contribution in [-0.2, 0) is 5.41 Å². The Bertz CT molecular complexity index is 306. The van der Waals surface area contributed by atoms with Gasteiger partial charge in [-0.15, -0.1) is 0 Å². The highest BCUT2D eigenvalue weighted by atomic mass is 14.9. The molecule has 0 amide bonds. The maximum atomic E-state index is 5.60. The molecule has 0 aliphatic heterocycles. The van der Waals surface area contributed by atoms with E-state index in [1.165, 1.54) is 5.56 Å². The van der Waals surface area contributed by atoms with E-state index in [2.05, 4.69) is 56.4 Å². The second-order valence-corrected chi connectivity index (χ2v) is 5.56. The van der Waals surface area contributed by atoms with Crippen LogP contribution in [0, 0.1) is 5.92 Å². The van der Waals surface area contributed by atoms with Crippen molar-refractivity contribution in [3.8, 4) is 0 Å². The second kappa shape index (κ2) is 6.77. The summed E-state index contributed by atoms with van der Waals surface area (Å²) in [7, 11) is 0. The van der Waals surface area contributed by atoms with E-state index in [-0.39, 0.29) is 5.41 Å². The predicted molar refractivity (Wildman–Crippen MR) is 75.2 cm³/mol. The Labute approximate surface area is 106 Å². The quantitative estimate of drug-likeness (QED) is 0.712. The first-order valence-electron chi connectivity index (χ1n) is 6.52. The van der Waals surface area contributed by atoms with Gasteiger partial charge in [0.05, 0.1) is 0 Å². The fourth-order valence-corrected chi connectivity index (χ4v) is 1.86. The lowest BCUT2D eigenvalue weighted by molar-refractivity contribution is 0.441. The fraction of sp³-hybridized carbons (Fsp3) is 0.600. The van der Waals surface area contributed by atoms with Crippen molar-refractivity contribution in [1.82, 2.24) is 5.32 Å². The number of nitrogens with one attached hydrogen (secondary N) is 1. The summed E-state index contributed by atoms with van der Waals surface area (Å²) in [5, 5.41) is 3.53. The van der Waals surface area contributed by atoms with Gasteiger partial charge < -0.3 is 11.1 Å². The molecule has 1 aromatic rings. The standard InChI is InChI=1S/C15H26N2/c1-13(11-16)9-10-17-12-15(2,3)14-7-5-4-6-8-14/h4-8,13,17H,9-12,16H2,1-3H3. The van der Waals surface area contributed by atoms with Crippen molar-refractivity contribution >= 4 is 0 Å².